The zero-order valence-corrected chi connectivity index (χ0v) is 9.87. The molecule has 5 heteroatoms. The average Bonchev–Trinajstić information content (AvgIpc) is 2.82. The van der Waals surface area contributed by atoms with E-state index in [4.69, 9.17) is 10.2 Å². The summed E-state index contributed by atoms with van der Waals surface area (Å²) in [6, 6.07) is 5.79. The quantitative estimate of drug-likeness (QED) is 0.820. The Bertz CT molecular complexity index is 558. The van der Waals surface area contributed by atoms with Crippen molar-refractivity contribution in [2.24, 2.45) is 0 Å². The molecule has 0 saturated heterocycles. The lowest BCUT2D eigenvalue weighted by Gasteiger charge is -2.08. The van der Waals surface area contributed by atoms with Crippen molar-refractivity contribution in [3.05, 3.63) is 47.7 Å². The van der Waals surface area contributed by atoms with Gasteiger partial charge in [0, 0.05) is 6.42 Å². The number of benzene rings is 1. The van der Waals surface area contributed by atoms with Crippen molar-refractivity contribution >= 4 is 17.3 Å². The second-order valence-corrected chi connectivity index (χ2v) is 3.77. The molecule has 0 radical (unpaired) electrons. The van der Waals surface area contributed by atoms with Crippen LogP contribution in [0.15, 0.2) is 34.9 Å². The summed E-state index contributed by atoms with van der Waals surface area (Å²) in [5.74, 6) is -0.440. The number of para-hydroxylation sites is 1. The monoisotopic (exact) mass is 248 g/mol. The van der Waals surface area contributed by atoms with E-state index in [1.54, 1.807) is 6.07 Å². The van der Waals surface area contributed by atoms with E-state index in [2.05, 4.69) is 5.32 Å². The minimum atomic E-state index is -0.565. The van der Waals surface area contributed by atoms with Gasteiger partial charge < -0.3 is 15.5 Å². The SMILES string of the molecule is CCc1occc1C(=O)Nc1c(N)cccc1F. The van der Waals surface area contributed by atoms with Crippen molar-refractivity contribution in [3.63, 3.8) is 0 Å². The van der Waals surface area contributed by atoms with Gasteiger partial charge in [-0.15, -0.1) is 0 Å². The first-order chi connectivity index (χ1) is 8.63. The molecular formula is C13H13FN2O2. The molecule has 0 spiro atoms. The molecule has 3 N–H and O–H groups in total. The van der Waals surface area contributed by atoms with Gasteiger partial charge in [-0.2, -0.15) is 0 Å². The molecule has 1 aromatic carbocycles. The second-order valence-electron chi connectivity index (χ2n) is 3.77. The van der Waals surface area contributed by atoms with Gasteiger partial charge in [-0.25, -0.2) is 4.39 Å². The molecule has 2 rings (SSSR count). The van der Waals surface area contributed by atoms with Crippen LogP contribution in [0.5, 0.6) is 0 Å². The number of nitrogen functional groups attached to an aromatic ring is 1. The van der Waals surface area contributed by atoms with Crippen molar-refractivity contribution in [2.75, 3.05) is 11.1 Å². The summed E-state index contributed by atoms with van der Waals surface area (Å²) < 4.78 is 18.7. The maximum absolute atomic E-state index is 13.5. The number of halogens is 1. The van der Waals surface area contributed by atoms with Gasteiger partial charge in [0.2, 0.25) is 0 Å². The van der Waals surface area contributed by atoms with Crippen molar-refractivity contribution in [1.82, 2.24) is 0 Å². The molecule has 0 fully saturated rings. The minimum Gasteiger partial charge on any atom is -0.469 e. The number of nitrogens with two attached hydrogens (primary N) is 1. The predicted octanol–water partition coefficient (Wildman–Crippen LogP) is 2.82. The number of rotatable bonds is 3. The Morgan fingerprint density at radius 3 is 2.89 bits per heavy atom. The Hall–Kier alpha value is -2.30. The number of nitrogens with one attached hydrogen (secondary N) is 1. The van der Waals surface area contributed by atoms with E-state index in [9.17, 15) is 9.18 Å². The van der Waals surface area contributed by atoms with Crippen LogP contribution in [0.4, 0.5) is 15.8 Å². The van der Waals surface area contributed by atoms with Crippen LogP contribution >= 0.6 is 0 Å². The fourth-order valence-electron chi connectivity index (χ4n) is 1.67. The summed E-state index contributed by atoms with van der Waals surface area (Å²) in [6.45, 7) is 1.87. The average molecular weight is 248 g/mol. The van der Waals surface area contributed by atoms with Gasteiger partial charge >= 0.3 is 0 Å². The smallest absolute Gasteiger partial charge is 0.259 e. The molecule has 0 aliphatic heterocycles. The van der Waals surface area contributed by atoms with Crippen LogP contribution in [0, 0.1) is 5.82 Å². The summed E-state index contributed by atoms with van der Waals surface area (Å²) in [7, 11) is 0. The van der Waals surface area contributed by atoms with Crippen LogP contribution in [-0.4, -0.2) is 5.91 Å². The Kier molecular flexibility index (Phi) is 3.32. The van der Waals surface area contributed by atoms with Crippen LogP contribution in [0.25, 0.3) is 0 Å². The Balaban J connectivity index is 2.27. The Morgan fingerprint density at radius 2 is 2.22 bits per heavy atom. The Labute approximate surface area is 104 Å². The minimum absolute atomic E-state index is 0.00856. The van der Waals surface area contributed by atoms with Gasteiger partial charge in [0.1, 0.15) is 17.3 Å². The first kappa shape index (κ1) is 12.2. The molecule has 1 aromatic heterocycles. The normalized spacial score (nSPS) is 10.3. The van der Waals surface area contributed by atoms with Crippen molar-refractivity contribution in [2.45, 2.75) is 13.3 Å². The van der Waals surface area contributed by atoms with E-state index in [0.717, 1.165) is 0 Å². The highest BCUT2D eigenvalue weighted by Crippen LogP contribution is 2.23. The van der Waals surface area contributed by atoms with Crippen LogP contribution in [0.1, 0.15) is 23.0 Å². The summed E-state index contributed by atoms with van der Waals surface area (Å²) >= 11 is 0. The topological polar surface area (TPSA) is 68.3 Å². The number of carbonyl (C=O) groups is 1. The summed E-state index contributed by atoms with van der Waals surface area (Å²) in [6.07, 6.45) is 2.01. The van der Waals surface area contributed by atoms with Crippen LogP contribution < -0.4 is 11.1 Å². The zero-order valence-electron chi connectivity index (χ0n) is 9.87. The highest BCUT2D eigenvalue weighted by molar-refractivity contribution is 6.06. The number of amides is 1. The molecule has 2 aromatic rings. The first-order valence-corrected chi connectivity index (χ1v) is 5.55. The molecule has 0 atom stereocenters. The third-order valence-electron chi connectivity index (χ3n) is 2.60. The number of furan rings is 1. The van der Waals surface area contributed by atoms with Crippen molar-refractivity contribution in [3.8, 4) is 0 Å². The van der Waals surface area contributed by atoms with Gasteiger partial charge in [-0.05, 0) is 18.2 Å². The molecule has 18 heavy (non-hydrogen) atoms. The van der Waals surface area contributed by atoms with E-state index < -0.39 is 11.7 Å². The maximum Gasteiger partial charge on any atom is 0.259 e. The molecule has 0 bridgehead atoms. The number of carbonyl (C=O) groups excluding carboxylic acids is 1. The lowest BCUT2D eigenvalue weighted by atomic mass is 10.2. The van der Waals surface area contributed by atoms with E-state index >= 15 is 0 Å². The van der Waals surface area contributed by atoms with Gasteiger partial charge in [0.25, 0.3) is 5.91 Å². The zero-order chi connectivity index (χ0) is 13.1. The van der Waals surface area contributed by atoms with E-state index in [0.29, 0.717) is 17.7 Å². The van der Waals surface area contributed by atoms with E-state index in [1.165, 1.54) is 24.5 Å². The van der Waals surface area contributed by atoms with Crippen LogP contribution in [0.3, 0.4) is 0 Å². The molecule has 1 heterocycles. The van der Waals surface area contributed by atoms with E-state index in [1.807, 2.05) is 6.92 Å². The van der Waals surface area contributed by atoms with Gasteiger partial charge in [0.05, 0.1) is 17.5 Å². The third-order valence-corrected chi connectivity index (χ3v) is 2.60. The molecule has 94 valence electrons. The third kappa shape index (κ3) is 2.20. The fraction of sp³-hybridized carbons (Fsp3) is 0.154. The molecule has 0 saturated carbocycles. The molecule has 0 aliphatic carbocycles. The Morgan fingerprint density at radius 1 is 1.44 bits per heavy atom. The van der Waals surface area contributed by atoms with E-state index in [-0.39, 0.29) is 11.4 Å². The number of hydrogen-bond acceptors (Lipinski definition) is 3. The van der Waals surface area contributed by atoms with Crippen molar-refractivity contribution < 1.29 is 13.6 Å². The number of hydrogen-bond donors (Lipinski definition) is 2. The summed E-state index contributed by atoms with van der Waals surface area (Å²) in [4.78, 5) is 12.0. The second kappa shape index (κ2) is 4.91. The molecule has 0 unspecified atom stereocenters. The highest BCUT2D eigenvalue weighted by Gasteiger charge is 2.16. The maximum atomic E-state index is 13.5. The summed E-state index contributed by atoms with van der Waals surface area (Å²) in [5, 5.41) is 2.46. The first-order valence-electron chi connectivity index (χ1n) is 5.55. The molecular weight excluding hydrogens is 235 g/mol. The summed E-state index contributed by atoms with van der Waals surface area (Å²) in [5.41, 5.74) is 6.18. The molecule has 0 aliphatic rings. The van der Waals surface area contributed by atoms with Gasteiger partial charge in [0.15, 0.2) is 0 Å². The van der Waals surface area contributed by atoms with Gasteiger partial charge in [-0.1, -0.05) is 13.0 Å². The molecule has 4 nitrogen and oxygen atoms in total. The lowest BCUT2D eigenvalue weighted by Crippen LogP contribution is -2.15. The fourth-order valence-corrected chi connectivity index (χ4v) is 1.67. The van der Waals surface area contributed by atoms with Crippen LogP contribution in [0.2, 0.25) is 0 Å². The highest BCUT2D eigenvalue weighted by atomic mass is 19.1. The van der Waals surface area contributed by atoms with Crippen molar-refractivity contribution in [1.29, 1.82) is 0 Å². The molecule has 1 amide bonds. The largest absolute Gasteiger partial charge is 0.469 e. The number of anilines is 2. The lowest BCUT2D eigenvalue weighted by molar-refractivity contribution is 0.102. The van der Waals surface area contributed by atoms with Crippen LogP contribution in [-0.2, 0) is 6.42 Å². The standard InChI is InChI=1S/C13H13FN2O2/c1-2-11-8(6-7-18-11)13(17)16-12-9(14)4-3-5-10(12)15/h3-7H,2,15H2,1H3,(H,16,17). The predicted molar refractivity (Wildman–Crippen MR) is 66.9 cm³/mol. The number of aryl methyl sites for hydroxylation is 1. The van der Waals surface area contributed by atoms with Gasteiger partial charge in [-0.3, -0.25) is 4.79 Å².